The van der Waals surface area contributed by atoms with E-state index in [-0.39, 0.29) is 17.1 Å². The van der Waals surface area contributed by atoms with Crippen LogP contribution in [-0.4, -0.2) is 37.5 Å². The van der Waals surface area contributed by atoms with Crippen LogP contribution < -0.4 is 9.47 Å². The molecule has 3 rings (SSSR count). The van der Waals surface area contributed by atoms with Crippen molar-refractivity contribution in [3.8, 4) is 11.5 Å². The van der Waals surface area contributed by atoms with Crippen LogP contribution in [0.2, 0.25) is 0 Å². The highest BCUT2D eigenvalue weighted by molar-refractivity contribution is 6.24. The summed E-state index contributed by atoms with van der Waals surface area (Å²) in [6.45, 7) is 1.64. The van der Waals surface area contributed by atoms with Crippen molar-refractivity contribution in [2.24, 2.45) is 0 Å². The minimum absolute atomic E-state index is 0.178. The average molecular weight is 248 g/mol. The average Bonchev–Trinajstić information content (AvgIpc) is 3.08. The fraction of sp³-hybridized carbons (Fsp3) is 0.385. The largest absolute Gasteiger partial charge is 0.493 e. The number of hydrogen-bond acceptors (Lipinski definition) is 5. The third-order valence-electron chi connectivity index (χ3n) is 3.53. The second kappa shape index (κ2) is 3.32. The number of hydrogen-bond donors (Lipinski definition) is 0. The molecule has 5 heteroatoms. The minimum Gasteiger partial charge on any atom is -0.493 e. The van der Waals surface area contributed by atoms with Crippen LogP contribution in [0.4, 0.5) is 0 Å². The second-order valence-electron chi connectivity index (χ2n) is 4.52. The Kier molecular flexibility index (Phi) is 2.07. The van der Waals surface area contributed by atoms with E-state index in [0.717, 1.165) is 0 Å². The Balaban J connectivity index is 2.27. The van der Waals surface area contributed by atoms with Crippen LogP contribution in [0.1, 0.15) is 27.6 Å². The standard InChI is InChI=1S/C13H12O5/c1-13-11(15)6-4-5-7(16-2)10(17-3)8(6)9(14)12(13)18-13/h4-5,12H,1-3H3. The Morgan fingerprint density at radius 2 is 1.94 bits per heavy atom. The van der Waals surface area contributed by atoms with E-state index in [4.69, 9.17) is 14.2 Å². The van der Waals surface area contributed by atoms with Gasteiger partial charge in [-0.1, -0.05) is 0 Å². The molecule has 0 bridgehead atoms. The molecule has 2 atom stereocenters. The van der Waals surface area contributed by atoms with Crippen molar-refractivity contribution in [1.29, 1.82) is 0 Å². The molecule has 1 aliphatic carbocycles. The summed E-state index contributed by atoms with van der Waals surface area (Å²) in [6.07, 6.45) is -0.682. The van der Waals surface area contributed by atoms with Crippen LogP contribution in [0, 0.1) is 0 Å². The van der Waals surface area contributed by atoms with E-state index in [9.17, 15) is 9.59 Å². The van der Waals surface area contributed by atoms with Crippen LogP contribution in [-0.2, 0) is 4.74 Å². The summed E-state index contributed by atoms with van der Waals surface area (Å²) in [5, 5.41) is 0. The molecule has 1 aromatic carbocycles. The van der Waals surface area contributed by atoms with Crippen molar-refractivity contribution in [3.05, 3.63) is 23.3 Å². The number of benzene rings is 1. The molecule has 2 unspecified atom stereocenters. The third-order valence-corrected chi connectivity index (χ3v) is 3.53. The number of ether oxygens (including phenoxy) is 3. The summed E-state index contributed by atoms with van der Waals surface area (Å²) in [5.41, 5.74) is -0.375. The molecule has 0 radical (unpaired) electrons. The van der Waals surface area contributed by atoms with Crippen LogP contribution >= 0.6 is 0 Å². The van der Waals surface area contributed by atoms with Crippen LogP contribution in [0.15, 0.2) is 12.1 Å². The molecule has 94 valence electrons. The molecule has 0 spiro atoms. The molecule has 1 aromatic rings. The van der Waals surface area contributed by atoms with Crippen molar-refractivity contribution in [2.75, 3.05) is 14.2 Å². The number of epoxide rings is 1. The van der Waals surface area contributed by atoms with E-state index >= 15 is 0 Å². The maximum absolute atomic E-state index is 12.2. The lowest BCUT2D eigenvalue weighted by molar-refractivity contribution is 0.0873. The molecule has 2 aliphatic rings. The first-order chi connectivity index (χ1) is 8.54. The van der Waals surface area contributed by atoms with Gasteiger partial charge in [0.2, 0.25) is 0 Å². The number of Topliss-reactive ketones (excluding diaryl/α,β-unsaturated/α-hetero) is 2. The van der Waals surface area contributed by atoms with Crippen LogP contribution in [0.5, 0.6) is 11.5 Å². The topological polar surface area (TPSA) is 65.1 Å². The SMILES string of the molecule is COc1ccc2c(c1OC)C(=O)C1OC1(C)C2=O. The molecule has 0 amide bonds. The Labute approximate surface area is 104 Å². The van der Waals surface area contributed by atoms with Gasteiger partial charge in [0, 0.05) is 5.56 Å². The summed E-state index contributed by atoms with van der Waals surface area (Å²) in [5.74, 6) is 0.332. The van der Waals surface area contributed by atoms with Gasteiger partial charge in [0.25, 0.3) is 0 Å². The van der Waals surface area contributed by atoms with Crippen molar-refractivity contribution >= 4 is 11.6 Å². The Morgan fingerprint density at radius 1 is 1.22 bits per heavy atom. The van der Waals surface area contributed by atoms with Crippen molar-refractivity contribution in [3.63, 3.8) is 0 Å². The second-order valence-corrected chi connectivity index (χ2v) is 4.52. The first-order valence-electron chi connectivity index (χ1n) is 5.56. The van der Waals surface area contributed by atoms with Gasteiger partial charge < -0.3 is 14.2 Å². The molecule has 1 fully saturated rings. The molecule has 5 nitrogen and oxygen atoms in total. The smallest absolute Gasteiger partial charge is 0.199 e. The summed E-state index contributed by atoms with van der Waals surface area (Å²) >= 11 is 0. The fourth-order valence-electron chi connectivity index (χ4n) is 2.45. The minimum atomic E-state index is -0.982. The predicted octanol–water partition coefficient (Wildman–Crippen LogP) is 1.24. The van der Waals surface area contributed by atoms with E-state index in [1.54, 1.807) is 19.1 Å². The summed E-state index contributed by atoms with van der Waals surface area (Å²) in [7, 11) is 2.93. The van der Waals surface area contributed by atoms with Gasteiger partial charge in [-0.15, -0.1) is 0 Å². The number of fused-ring (bicyclic) bond motifs is 2. The highest BCUT2D eigenvalue weighted by Gasteiger charge is 2.66. The lowest BCUT2D eigenvalue weighted by Gasteiger charge is -2.19. The number of rotatable bonds is 2. The van der Waals surface area contributed by atoms with Crippen molar-refractivity contribution in [2.45, 2.75) is 18.6 Å². The van der Waals surface area contributed by atoms with E-state index in [1.165, 1.54) is 14.2 Å². The maximum atomic E-state index is 12.2. The first-order valence-corrected chi connectivity index (χ1v) is 5.56. The number of ketones is 2. The lowest BCUT2D eigenvalue weighted by atomic mass is 9.82. The molecule has 1 aliphatic heterocycles. The van der Waals surface area contributed by atoms with Crippen LogP contribution in [0.3, 0.4) is 0 Å². The Bertz CT molecular complexity index is 577. The lowest BCUT2D eigenvalue weighted by Crippen LogP contribution is -2.34. The van der Waals surface area contributed by atoms with Gasteiger partial charge in [-0.05, 0) is 19.1 Å². The number of carbonyl (C=O) groups excluding carboxylic acids is 2. The monoisotopic (exact) mass is 248 g/mol. The van der Waals surface area contributed by atoms with Gasteiger partial charge in [0.05, 0.1) is 19.8 Å². The van der Waals surface area contributed by atoms with E-state index in [0.29, 0.717) is 17.1 Å². The molecule has 0 N–H and O–H groups in total. The third kappa shape index (κ3) is 1.14. The summed E-state index contributed by atoms with van der Waals surface area (Å²) in [4.78, 5) is 24.5. The summed E-state index contributed by atoms with van der Waals surface area (Å²) < 4.78 is 15.6. The maximum Gasteiger partial charge on any atom is 0.199 e. The first kappa shape index (κ1) is 11.2. The van der Waals surface area contributed by atoms with Gasteiger partial charge in [0.15, 0.2) is 34.8 Å². The Morgan fingerprint density at radius 3 is 2.56 bits per heavy atom. The van der Waals surface area contributed by atoms with Crippen molar-refractivity contribution in [1.82, 2.24) is 0 Å². The molecule has 1 heterocycles. The zero-order valence-electron chi connectivity index (χ0n) is 10.3. The van der Waals surface area contributed by atoms with E-state index < -0.39 is 11.7 Å². The summed E-state index contributed by atoms with van der Waals surface area (Å²) in [6, 6.07) is 3.20. The molecule has 1 saturated heterocycles. The van der Waals surface area contributed by atoms with Crippen LogP contribution in [0.25, 0.3) is 0 Å². The van der Waals surface area contributed by atoms with Gasteiger partial charge in [-0.3, -0.25) is 9.59 Å². The van der Waals surface area contributed by atoms with E-state index in [1.807, 2.05) is 0 Å². The van der Waals surface area contributed by atoms with Crippen molar-refractivity contribution < 1.29 is 23.8 Å². The van der Waals surface area contributed by atoms with Gasteiger partial charge in [-0.2, -0.15) is 0 Å². The van der Waals surface area contributed by atoms with Gasteiger partial charge in [0.1, 0.15) is 0 Å². The quantitative estimate of drug-likeness (QED) is 0.737. The van der Waals surface area contributed by atoms with E-state index in [2.05, 4.69) is 0 Å². The molecular formula is C13H12O5. The normalized spacial score (nSPS) is 28.5. The zero-order valence-corrected chi connectivity index (χ0v) is 10.3. The highest BCUT2D eigenvalue weighted by Crippen LogP contribution is 2.49. The fourth-order valence-corrected chi connectivity index (χ4v) is 2.45. The number of carbonyl (C=O) groups is 2. The Hall–Kier alpha value is -1.88. The predicted molar refractivity (Wildman–Crippen MR) is 61.5 cm³/mol. The van der Waals surface area contributed by atoms with Gasteiger partial charge in [-0.25, -0.2) is 0 Å². The molecule has 18 heavy (non-hydrogen) atoms. The highest BCUT2D eigenvalue weighted by atomic mass is 16.6. The number of methoxy groups -OCH3 is 2. The molecule has 0 aromatic heterocycles. The molecule has 0 saturated carbocycles. The zero-order chi connectivity index (χ0) is 13.1. The van der Waals surface area contributed by atoms with Gasteiger partial charge >= 0.3 is 0 Å². The molecular weight excluding hydrogens is 236 g/mol.